The first-order chi connectivity index (χ1) is 10.1. The van der Waals surface area contributed by atoms with Gasteiger partial charge >= 0.3 is 0 Å². The molecule has 2 rings (SSSR count). The number of carbonyl (C=O) groups excluding carboxylic acids is 1. The number of amides is 1. The Morgan fingerprint density at radius 1 is 1.14 bits per heavy atom. The van der Waals surface area contributed by atoms with E-state index < -0.39 is 0 Å². The van der Waals surface area contributed by atoms with Gasteiger partial charge in [-0.3, -0.25) is 4.79 Å². The highest BCUT2D eigenvalue weighted by Crippen LogP contribution is 2.21. The molecule has 0 aliphatic rings. The third-order valence-electron chi connectivity index (χ3n) is 3.23. The van der Waals surface area contributed by atoms with E-state index >= 15 is 0 Å². The first-order valence-electron chi connectivity index (χ1n) is 6.82. The fraction of sp³-hybridized carbons (Fsp3) is 0.235. The van der Waals surface area contributed by atoms with Crippen LogP contribution in [0.5, 0.6) is 0 Å². The minimum atomic E-state index is -0.0564. The Hall–Kier alpha value is -1.81. The van der Waals surface area contributed by atoms with Crippen LogP contribution >= 0.6 is 15.9 Å². The molecule has 2 aromatic rings. The first kappa shape index (κ1) is 15.6. The van der Waals surface area contributed by atoms with Crippen molar-refractivity contribution in [3.8, 4) is 0 Å². The molecular formula is C17H19BrN2O. The van der Waals surface area contributed by atoms with Gasteiger partial charge in [0, 0.05) is 31.9 Å². The Kier molecular flexibility index (Phi) is 5.39. The molecule has 1 amide bonds. The largest absolute Gasteiger partial charge is 0.378 e. The van der Waals surface area contributed by atoms with Gasteiger partial charge in [-0.2, -0.15) is 0 Å². The number of hydrogen-bond donors (Lipinski definition) is 1. The third kappa shape index (κ3) is 4.33. The molecule has 1 N–H and O–H groups in total. The number of benzene rings is 2. The number of nitrogens with zero attached hydrogens (tertiary/aromatic N) is 1. The van der Waals surface area contributed by atoms with Crippen molar-refractivity contribution < 1.29 is 4.79 Å². The van der Waals surface area contributed by atoms with E-state index in [0.717, 1.165) is 11.3 Å². The minimum Gasteiger partial charge on any atom is -0.378 e. The molecule has 110 valence electrons. The second kappa shape index (κ2) is 7.27. The molecule has 0 saturated carbocycles. The molecule has 0 aromatic heterocycles. The van der Waals surface area contributed by atoms with Gasteiger partial charge in [-0.1, -0.05) is 52.3 Å². The lowest BCUT2D eigenvalue weighted by atomic mass is 10.1. The quantitative estimate of drug-likeness (QED) is 0.838. The van der Waals surface area contributed by atoms with Crippen molar-refractivity contribution >= 4 is 27.5 Å². The summed E-state index contributed by atoms with van der Waals surface area (Å²) in [5, 5.41) is 2.96. The average Bonchev–Trinajstić information content (AvgIpc) is 2.53. The Bertz CT molecular complexity index is 599. The van der Waals surface area contributed by atoms with Crippen molar-refractivity contribution in [2.45, 2.75) is 4.83 Å². The van der Waals surface area contributed by atoms with E-state index in [1.165, 1.54) is 0 Å². The van der Waals surface area contributed by atoms with Crippen LogP contribution in [0.1, 0.15) is 20.7 Å². The van der Waals surface area contributed by atoms with Gasteiger partial charge in [0.2, 0.25) is 0 Å². The third-order valence-corrected chi connectivity index (χ3v) is 4.08. The molecule has 4 heteroatoms. The maximum Gasteiger partial charge on any atom is 0.251 e. The Balaban J connectivity index is 1.97. The number of nitrogens with one attached hydrogen (secondary N) is 1. The van der Waals surface area contributed by atoms with E-state index in [1.54, 1.807) is 0 Å². The van der Waals surface area contributed by atoms with Crippen molar-refractivity contribution in [3.05, 3.63) is 65.7 Å². The van der Waals surface area contributed by atoms with E-state index in [2.05, 4.69) is 21.2 Å². The van der Waals surface area contributed by atoms with Crippen molar-refractivity contribution in [2.75, 3.05) is 25.5 Å². The zero-order chi connectivity index (χ0) is 15.2. The Labute approximate surface area is 134 Å². The predicted octanol–water partition coefficient (Wildman–Crippen LogP) is 3.62. The highest BCUT2D eigenvalue weighted by atomic mass is 79.9. The lowest BCUT2D eigenvalue weighted by molar-refractivity contribution is 0.0954. The Morgan fingerprint density at radius 3 is 2.52 bits per heavy atom. The van der Waals surface area contributed by atoms with Crippen LogP contribution in [-0.2, 0) is 0 Å². The maximum absolute atomic E-state index is 12.2. The SMILES string of the molecule is CN(C)c1cccc(C(=O)NCC(Br)c2ccccc2)c1. The zero-order valence-corrected chi connectivity index (χ0v) is 13.8. The molecule has 0 radical (unpaired) electrons. The van der Waals surface area contributed by atoms with Gasteiger partial charge in [0.05, 0.1) is 4.83 Å². The molecule has 0 spiro atoms. The summed E-state index contributed by atoms with van der Waals surface area (Å²) in [5.74, 6) is -0.0564. The van der Waals surface area contributed by atoms with Crippen LogP contribution in [0.3, 0.4) is 0 Å². The van der Waals surface area contributed by atoms with Crippen molar-refractivity contribution in [2.24, 2.45) is 0 Å². The molecule has 3 nitrogen and oxygen atoms in total. The number of carbonyl (C=O) groups is 1. The van der Waals surface area contributed by atoms with Gasteiger partial charge in [-0.15, -0.1) is 0 Å². The van der Waals surface area contributed by atoms with Crippen LogP contribution in [0.15, 0.2) is 54.6 Å². The smallest absolute Gasteiger partial charge is 0.251 e. The normalized spacial score (nSPS) is 11.8. The van der Waals surface area contributed by atoms with Crippen molar-refractivity contribution in [1.29, 1.82) is 0 Å². The van der Waals surface area contributed by atoms with Crippen LogP contribution < -0.4 is 10.2 Å². The summed E-state index contributed by atoms with van der Waals surface area (Å²) in [6.45, 7) is 0.551. The van der Waals surface area contributed by atoms with Crippen LogP contribution in [0.25, 0.3) is 0 Å². The monoisotopic (exact) mass is 346 g/mol. The van der Waals surface area contributed by atoms with Gasteiger partial charge in [0.15, 0.2) is 0 Å². The second-order valence-electron chi connectivity index (χ2n) is 5.03. The van der Waals surface area contributed by atoms with E-state index in [9.17, 15) is 4.79 Å². The summed E-state index contributed by atoms with van der Waals surface area (Å²) >= 11 is 3.60. The molecule has 0 aliphatic carbocycles. The number of rotatable bonds is 5. The Morgan fingerprint density at radius 2 is 1.86 bits per heavy atom. The molecule has 21 heavy (non-hydrogen) atoms. The van der Waals surface area contributed by atoms with E-state index in [0.29, 0.717) is 12.1 Å². The zero-order valence-electron chi connectivity index (χ0n) is 12.2. The standard InChI is InChI=1S/C17H19BrN2O/c1-20(2)15-10-6-9-14(11-15)17(21)19-12-16(18)13-7-4-3-5-8-13/h3-11,16H,12H2,1-2H3,(H,19,21). The summed E-state index contributed by atoms with van der Waals surface area (Å²) in [5.41, 5.74) is 2.84. The summed E-state index contributed by atoms with van der Waals surface area (Å²) in [6, 6.07) is 17.6. The fourth-order valence-electron chi connectivity index (χ4n) is 1.99. The van der Waals surface area contributed by atoms with Crippen LogP contribution in [0.2, 0.25) is 0 Å². The first-order valence-corrected chi connectivity index (χ1v) is 7.74. The summed E-state index contributed by atoms with van der Waals surface area (Å²) in [6.07, 6.45) is 0. The summed E-state index contributed by atoms with van der Waals surface area (Å²) in [4.78, 5) is 14.3. The minimum absolute atomic E-state index is 0.0564. The molecular weight excluding hydrogens is 328 g/mol. The van der Waals surface area contributed by atoms with Gasteiger partial charge in [0.25, 0.3) is 5.91 Å². The molecule has 0 heterocycles. The van der Waals surface area contributed by atoms with E-state index in [1.807, 2.05) is 73.6 Å². The number of anilines is 1. The average molecular weight is 347 g/mol. The fourth-order valence-corrected chi connectivity index (χ4v) is 2.46. The van der Waals surface area contributed by atoms with Crippen molar-refractivity contribution in [1.82, 2.24) is 5.32 Å². The van der Waals surface area contributed by atoms with Crippen LogP contribution in [0.4, 0.5) is 5.69 Å². The summed E-state index contributed by atoms with van der Waals surface area (Å²) < 4.78 is 0. The van der Waals surface area contributed by atoms with Gasteiger partial charge in [-0.25, -0.2) is 0 Å². The van der Waals surface area contributed by atoms with Gasteiger partial charge in [-0.05, 0) is 23.8 Å². The molecule has 0 saturated heterocycles. The number of halogens is 1. The van der Waals surface area contributed by atoms with Crippen LogP contribution in [0, 0.1) is 0 Å². The number of hydrogen-bond acceptors (Lipinski definition) is 2. The van der Waals surface area contributed by atoms with E-state index in [4.69, 9.17) is 0 Å². The molecule has 0 aliphatic heterocycles. The lowest BCUT2D eigenvalue weighted by Crippen LogP contribution is -2.26. The van der Waals surface area contributed by atoms with Crippen LogP contribution in [-0.4, -0.2) is 26.5 Å². The molecule has 1 atom stereocenters. The maximum atomic E-state index is 12.2. The van der Waals surface area contributed by atoms with Gasteiger partial charge < -0.3 is 10.2 Å². The highest BCUT2D eigenvalue weighted by Gasteiger charge is 2.11. The van der Waals surface area contributed by atoms with Gasteiger partial charge in [0.1, 0.15) is 0 Å². The topological polar surface area (TPSA) is 32.3 Å². The number of alkyl halides is 1. The second-order valence-corrected chi connectivity index (χ2v) is 6.14. The molecule has 1 unspecified atom stereocenters. The highest BCUT2D eigenvalue weighted by molar-refractivity contribution is 9.09. The van der Waals surface area contributed by atoms with Crippen molar-refractivity contribution in [3.63, 3.8) is 0 Å². The molecule has 2 aromatic carbocycles. The summed E-state index contributed by atoms with van der Waals surface area (Å²) in [7, 11) is 3.92. The molecule has 0 fully saturated rings. The predicted molar refractivity (Wildman–Crippen MR) is 91.2 cm³/mol. The van der Waals surface area contributed by atoms with E-state index in [-0.39, 0.29) is 10.7 Å². The molecule has 0 bridgehead atoms. The lowest BCUT2D eigenvalue weighted by Gasteiger charge is -2.14.